The van der Waals surface area contributed by atoms with Gasteiger partial charge in [0, 0.05) is 68.6 Å². The molecule has 0 amide bonds. The molecule has 0 fully saturated rings. The van der Waals surface area contributed by atoms with Crippen molar-refractivity contribution in [2.75, 3.05) is 0 Å². The molecule has 0 aliphatic rings. The quantitative estimate of drug-likeness (QED) is 0.170. The van der Waals surface area contributed by atoms with Crippen LogP contribution in [0.1, 0.15) is 0 Å². The predicted molar refractivity (Wildman–Crippen MR) is 231 cm³/mol. The fraction of sp³-hybridized carbons (Fsp3) is 0. The number of aromatic nitrogens is 5. The topological polar surface area (TPSA) is 64.5 Å². The van der Waals surface area contributed by atoms with E-state index >= 15 is 0 Å². The van der Waals surface area contributed by atoms with Gasteiger partial charge in [-0.1, -0.05) is 121 Å². The molecule has 7 aromatic carbocycles. The summed E-state index contributed by atoms with van der Waals surface area (Å²) >= 11 is 0. The maximum atomic E-state index is 5.38. The molecule has 5 aromatic heterocycles. The second kappa shape index (κ2) is 11.9. The molecular formula is C51H29N5. The molecule has 0 aliphatic heterocycles. The minimum atomic E-state index is 0.883. The molecule has 5 nitrogen and oxygen atoms in total. The third-order valence-electron chi connectivity index (χ3n) is 11.4. The van der Waals surface area contributed by atoms with Crippen LogP contribution in [0.3, 0.4) is 0 Å². The van der Waals surface area contributed by atoms with Crippen molar-refractivity contribution in [3.05, 3.63) is 176 Å². The molecule has 5 heterocycles. The van der Waals surface area contributed by atoms with Gasteiger partial charge in [0.15, 0.2) is 0 Å². The molecule has 0 radical (unpaired) electrons. The van der Waals surface area contributed by atoms with Gasteiger partial charge >= 0.3 is 0 Å². The summed E-state index contributed by atoms with van der Waals surface area (Å²) in [5.74, 6) is 0. The summed E-state index contributed by atoms with van der Waals surface area (Å²) in [6.45, 7) is 0. The molecule has 56 heavy (non-hydrogen) atoms. The fourth-order valence-electron chi connectivity index (χ4n) is 8.60. The molecule has 0 N–H and O–H groups in total. The average molecular weight is 712 g/mol. The Balaban J connectivity index is 0.989. The zero-order valence-corrected chi connectivity index (χ0v) is 30.0. The van der Waals surface area contributed by atoms with E-state index in [-0.39, 0.29) is 0 Å². The van der Waals surface area contributed by atoms with E-state index < -0.39 is 0 Å². The van der Waals surface area contributed by atoms with Crippen molar-refractivity contribution in [1.82, 2.24) is 24.9 Å². The van der Waals surface area contributed by atoms with Crippen molar-refractivity contribution in [3.8, 4) is 44.9 Å². The Morgan fingerprint density at radius 2 is 0.911 bits per heavy atom. The Morgan fingerprint density at radius 3 is 1.66 bits per heavy atom. The van der Waals surface area contributed by atoms with Crippen molar-refractivity contribution < 1.29 is 0 Å². The third-order valence-corrected chi connectivity index (χ3v) is 11.4. The van der Waals surface area contributed by atoms with Gasteiger partial charge in [-0.2, -0.15) is 0 Å². The number of hydrogen-bond donors (Lipinski definition) is 0. The van der Waals surface area contributed by atoms with Crippen LogP contribution >= 0.6 is 0 Å². The molecule has 0 saturated heterocycles. The lowest BCUT2D eigenvalue weighted by Crippen LogP contribution is -1.93. The first-order chi connectivity index (χ1) is 27.7. The van der Waals surface area contributed by atoms with Gasteiger partial charge in [-0.25, -0.2) is 9.97 Å². The van der Waals surface area contributed by atoms with Crippen molar-refractivity contribution in [1.29, 1.82) is 0 Å². The maximum Gasteiger partial charge on any atom is 0.0972 e. The highest BCUT2D eigenvalue weighted by Gasteiger charge is 2.17. The normalized spacial score (nSPS) is 11.9. The average Bonchev–Trinajstić information content (AvgIpc) is 3.27. The first-order valence-electron chi connectivity index (χ1n) is 18.8. The number of hydrogen-bond acceptors (Lipinski definition) is 5. The zero-order valence-electron chi connectivity index (χ0n) is 30.0. The van der Waals surface area contributed by atoms with Crippen molar-refractivity contribution >= 4 is 75.8 Å². The van der Waals surface area contributed by atoms with E-state index in [1.807, 2.05) is 49.1 Å². The van der Waals surface area contributed by atoms with E-state index in [2.05, 4.69) is 137 Å². The summed E-state index contributed by atoms with van der Waals surface area (Å²) in [7, 11) is 0. The van der Waals surface area contributed by atoms with Crippen LogP contribution in [0.5, 0.6) is 0 Å². The Bertz CT molecular complexity index is 3530. The minimum Gasteiger partial charge on any atom is -0.263 e. The molecular weight excluding hydrogens is 683 g/mol. The number of benzene rings is 7. The van der Waals surface area contributed by atoms with Crippen LogP contribution < -0.4 is 0 Å². The van der Waals surface area contributed by atoms with Gasteiger partial charge in [0.25, 0.3) is 0 Å². The van der Waals surface area contributed by atoms with Gasteiger partial charge in [-0.15, -0.1) is 0 Å². The molecule has 5 heteroatoms. The van der Waals surface area contributed by atoms with E-state index in [0.29, 0.717) is 0 Å². The molecule has 258 valence electrons. The molecule has 0 bridgehead atoms. The lowest BCUT2D eigenvalue weighted by atomic mass is 9.88. The fourth-order valence-corrected chi connectivity index (χ4v) is 8.60. The van der Waals surface area contributed by atoms with Crippen molar-refractivity contribution in [3.63, 3.8) is 0 Å². The summed E-state index contributed by atoms with van der Waals surface area (Å²) in [5, 5.41) is 12.7. The zero-order chi connectivity index (χ0) is 36.7. The Kier molecular flexibility index (Phi) is 6.56. The number of pyridine rings is 5. The van der Waals surface area contributed by atoms with Crippen molar-refractivity contribution in [2.45, 2.75) is 0 Å². The van der Waals surface area contributed by atoms with Crippen LogP contribution in [-0.2, 0) is 0 Å². The van der Waals surface area contributed by atoms with Crippen molar-refractivity contribution in [2.24, 2.45) is 0 Å². The SMILES string of the molecule is c1ccc2ncc(-c3ccc(-c4ccc5ccc6c(-c7ccc8ccc9ccc(-c%10cncc%11ccccc%10%11)nc9c8n7)ccc7ccc4c5c76)cn3)cc2c1. The largest absolute Gasteiger partial charge is 0.263 e. The number of fused-ring (bicyclic) bond motifs is 5. The summed E-state index contributed by atoms with van der Waals surface area (Å²) in [4.78, 5) is 24.7. The maximum absolute atomic E-state index is 5.38. The highest BCUT2D eigenvalue weighted by molar-refractivity contribution is 6.27. The highest BCUT2D eigenvalue weighted by atomic mass is 14.8. The lowest BCUT2D eigenvalue weighted by Gasteiger charge is -2.16. The minimum absolute atomic E-state index is 0.883. The Labute approximate surface area is 321 Å². The Morgan fingerprint density at radius 1 is 0.321 bits per heavy atom. The molecule has 12 aromatic rings. The number of nitrogens with zero attached hydrogens (tertiary/aromatic N) is 5. The van der Waals surface area contributed by atoms with Gasteiger partial charge in [0.1, 0.15) is 0 Å². The first kappa shape index (κ1) is 30.8. The van der Waals surface area contributed by atoms with Gasteiger partial charge < -0.3 is 0 Å². The summed E-state index contributed by atoms with van der Waals surface area (Å²) in [6.07, 6.45) is 7.71. The van der Waals surface area contributed by atoms with Gasteiger partial charge in [-0.05, 0) is 73.6 Å². The van der Waals surface area contributed by atoms with Crippen LogP contribution in [0.2, 0.25) is 0 Å². The molecule has 0 saturated carbocycles. The molecule has 12 rings (SSSR count). The van der Waals surface area contributed by atoms with Gasteiger partial charge in [0.2, 0.25) is 0 Å². The summed E-state index contributed by atoms with van der Waals surface area (Å²) < 4.78 is 0. The first-order valence-corrected chi connectivity index (χ1v) is 18.8. The molecule has 0 unspecified atom stereocenters. The van der Waals surface area contributed by atoms with E-state index in [0.717, 1.165) is 88.4 Å². The Hall–Kier alpha value is -7.63. The summed E-state index contributed by atoms with van der Waals surface area (Å²) in [5.41, 5.74) is 10.8. The number of rotatable bonds is 4. The van der Waals surface area contributed by atoms with Crippen LogP contribution in [-0.4, -0.2) is 24.9 Å². The van der Waals surface area contributed by atoms with E-state index in [9.17, 15) is 0 Å². The highest BCUT2D eigenvalue weighted by Crippen LogP contribution is 2.42. The van der Waals surface area contributed by atoms with E-state index in [4.69, 9.17) is 15.0 Å². The molecule has 0 aliphatic carbocycles. The summed E-state index contributed by atoms with van der Waals surface area (Å²) in [6, 6.07) is 53.7. The third kappa shape index (κ3) is 4.71. The van der Waals surface area contributed by atoms with E-state index in [1.54, 1.807) is 0 Å². The van der Waals surface area contributed by atoms with E-state index in [1.165, 1.54) is 32.3 Å². The second-order valence-electron chi connectivity index (χ2n) is 14.5. The standard InChI is InChI=1S/C51H29N5/c1-3-7-38-35(6-1)26-52-29-43(38)47-24-16-33-10-9-32-15-23-46(55-50(32)51(33)56-47)40-19-12-31-13-20-41-39(18-11-30-14-21-42(40)49(31)48(30)41)36-17-22-45(53-27-36)37-25-34-5-2-4-8-44(34)54-28-37/h1-29H. The lowest BCUT2D eigenvalue weighted by molar-refractivity contribution is 1.31. The van der Waals surface area contributed by atoms with Crippen LogP contribution in [0.25, 0.3) is 121 Å². The second-order valence-corrected chi connectivity index (χ2v) is 14.5. The monoisotopic (exact) mass is 711 g/mol. The van der Waals surface area contributed by atoms with Gasteiger partial charge in [-0.3, -0.25) is 15.0 Å². The predicted octanol–water partition coefficient (Wildman–Crippen LogP) is 12.8. The van der Waals surface area contributed by atoms with Gasteiger partial charge in [0.05, 0.1) is 33.6 Å². The number of para-hydroxylation sites is 1. The molecule has 0 atom stereocenters. The van der Waals surface area contributed by atoms with Crippen LogP contribution in [0, 0.1) is 0 Å². The molecule has 0 spiro atoms. The smallest absolute Gasteiger partial charge is 0.0972 e. The van der Waals surface area contributed by atoms with Crippen LogP contribution in [0.15, 0.2) is 176 Å². The van der Waals surface area contributed by atoms with Crippen LogP contribution in [0.4, 0.5) is 0 Å².